The van der Waals surface area contributed by atoms with E-state index in [1.54, 1.807) is 17.7 Å². The van der Waals surface area contributed by atoms with Gasteiger partial charge in [-0.3, -0.25) is 0 Å². The maximum atomic E-state index is 9.31. The lowest BCUT2D eigenvalue weighted by Gasteiger charge is -1.54. The molecule has 0 N–H and O–H groups in total. The topological polar surface area (TPSA) is 17.1 Å². The molecule has 0 aromatic carbocycles. The maximum Gasteiger partial charge on any atom is 0.124 e. The van der Waals surface area contributed by atoms with Gasteiger partial charge in [-0.25, -0.2) is 4.79 Å². The summed E-state index contributed by atoms with van der Waals surface area (Å²) >= 11 is 0. The Morgan fingerprint density at radius 1 is 1.67 bits per heavy atom. The van der Waals surface area contributed by atoms with Crippen LogP contribution in [0, 0.1) is 0 Å². The maximum absolute atomic E-state index is 9.31. The van der Waals surface area contributed by atoms with Crippen LogP contribution in [-0.2, 0) is 4.79 Å². The summed E-state index contributed by atoms with van der Waals surface area (Å²) in [6.07, 6.45) is 2.82. The number of allylic oxidation sites excluding steroid dienone is 2. The first-order chi connectivity index (χ1) is 2.91. The Bertz CT molecular complexity index is 89.7. The smallest absolute Gasteiger partial charge is 0.124 e. The van der Waals surface area contributed by atoms with Crippen LogP contribution in [0.25, 0.3) is 0 Å². The van der Waals surface area contributed by atoms with Crippen molar-refractivity contribution >= 4 is 16.2 Å². The highest BCUT2D eigenvalue weighted by Gasteiger charge is 1.49. The van der Waals surface area contributed by atoms with E-state index in [-0.39, 0.29) is 0 Å². The molecule has 0 amide bonds. The minimum atomic E-state index is 1.27. The standard InChI is InChI=1S/C4H3OSi/c5-3-1-2-4-6/h1-2,4H/b4-2-. The number of hydrogen-bond donors (Lipinski definition) is 0. The van der Waals surface area contributed by atoms with Crippen LogP contribution in [0.2, 0.25) is 0 Å². The van der Waals surface area contributed by atoms with Gasteiger partial charge in [0.1, 0.15) is 5.94 Å². The van der Waals surface area contributed by atoms with Crippen LogP contribution in [-0.4, -0.2) is 16.2 Å². The van der Waals surface area contributed by atoms with Crippen LogP contribution in [0.4, 0.5) is 0 Å². The molecular weight excluding hydrogens is 92.1 g/mol. The molecule has 0 aromatic heterocycles. The largest absolute Gasteiger partial charge is 0.234 e. The van der Waals surface area contributed by atoms with E-state index in [2.05, 4.69) is 10.2 Å². The molecule has 0 rings (SSSR count). The Kier molecular flexibility index (Phi) is 3.97. The Labute approximate surface area is 39.8 Å². The SMILES string of the molecule is O=C=C/C=C\[Si]. The monoisotopic (exact) mass is 95.0 g/mol. The summed E-state index contributed by atoms with van der Waals surface area (Å²) in [5, 5.41) is 0. The van der Waals surface area contributed by atoms with Crippen molar-refractivity contribution in [2.24, 2.45) is 0 Å². The van der Waals surface area contributed by atoms with E-state index in [0.717, 1.165) is 0 Å². The van der Waals surface area contributed by atoms with Crippen molar-refractivity contribution in [3.05, 3.63) is 17.9 Å². The summed E-state index contributed by atoms with van der Waals surface area (Å²) in [4.78, 5) is 9.31. The second-order valence-electron chi connectivity index (χ2n) is 0.644. The normalized spacial score (nSPS) is 8.17. The predicted molar refractivity (Wildman–Crippen MR) is 25.2 cm³/mol. The van der Waals surface area contributed by atoms with Crippen molar-refractivity contribution in [1.82, 2.24) is 0 Å². The molecule has 0 aliphatic carbocycles. The summed E-state index contributed by atoms with van der Waals surface area (Å²) in [5.41, 5.74) is 1.57. The van der Waals surface area contributed by atoms with Crippen molar-refractivity contribution in [2.75, 3.05) is 0 Å². The van der Waals surface area contributed by atoms with E-state index in [1.807, 2.05) is 0 Å². The molecule has 0 heterocycles. The molecule has 0 fully saturated rings. The molecule has 0 unspecified atom stereocenters. The van der Waals surface area contributed by atoms with Gasteiger partial charge >= 0.3 is 0 Å². The molecule has 0 aliphatic heterocycles. The summed E-state index contributed by atoms with van der Waals surface area (Å²) < 4.78 is 0. The fourth-order valence-electron chi connectivity index (χ4n) is 0.0874. The van der Waals surface area contributed by atoms with Crippen LogP contribution in [0.1, 0.15) is 0 Å². The third-order valence-electron chi connectivity index (χ3n) is 0.260. The first-order valence-electron chi connectivity index (χ1n) is 1.45. The van der Waals surface area contributed by atoms with E-state index in [9.17, 15) is 4.79 Å². The fourth-order valence-corrected chi connectivity index (χ4v) is 0.184. The van der Waals surface area contributed by atoms with Crippen molar-refractivity contribution in [1.29, 1.82) is 0 Å². The van der Waals surface area contributed by atoms with Gasteiger partial charge in [-0.05, 0) is 0 Å². The molecule has 0 aromatic rings. The van der Waals surface area contributed by atoms with Crippen molar-refractivity contribution in [3.8, 4) is 0 Å². The highest BCUT2D eigenvalue weighted by molar-refractivity contribution is 6.17. The zero-order valence-electron chi connectivity index (χ0n) is 3.14. The summed E-state index contributed by atoms with van der Waals surface area (Å²) in [5.74, 6) is 1.58. The van der Waals surface area contributed by atoms with Crippen LogP contribution in [0.15, 0.2) is 17.9 Å². The van der Waals surface area contributed by atoms with Crippen LogP contribution in [0.3, 0.4) is 0 Å². The van der Waals surface area contributed by atoms with Gasteiger partial charge in [0.25, 0.3) is 0 Å². The Morgan fingerprint density at radius 2 is 2.33 bits per heavy atom. The van der Waals surface area contributed by atoms with Crippen LogP contribution < -0.4 is 0 Å². The molecule has 0 saturated heterocycles. The second-order valence-corrected chi connectivity index (χ2v) is 0.977. The lowest BCUT2D eigenvalue weighted by molar-refractivity contribution is 0.569. The minimum Gasteiger partial charge on any atom is -0.234 e. The molecule has 0 spiro atoms. The highest BCUT2D eigenvalue weighted by atomic mass is 28.1. The average molecular weight is 95.2 g/mol. The first-order valence-corrected chi connectivity index (χ1v) is 2.03. The van der Waals surface area contributed by atoms with E-state index < -0.39 is 0 Å². The van der Waals surface area contributed by atoms with Gasteiger partial charge in [0.05, 0.1) is 10.2 Å². The fraction of sp³-hybridized carbons (Fsp3) is 0. The van der Waals surface area contributed by atoms with Crippen LogP contribution in [0.5, 0.6) is 0 Å². The average Bonchev–Trinajstić information content (AvgIpc) is 1.61. The van der Waals surface area contributed by atoms with Gasteiger partial charge in [-0.2, -0.15) is 0 Å². The Morgan fingerprint density at radius 3 is 2.50 bits per heavy atom. The van der Waals surface area contributed by atoms with Gasteiger partial charge in [0, 0.05) is 6.08 Å². The molecule has 1 nitrogen and oxygen atoms in total. The molecule has 3 radical (unpaired) electrons. The highest BCUT2D eigenvalue weighted by Crippen LogP contribution is 1.59. The van der Waals surface area contributed by atoms with Gasteiger partial charge in [-0.15, -0.1) is 5.70 Å². The summed E-state index contributed by atoms with van der Waals surface area (Å²) in [7, 11) is 3.00. The number of hydrogen-bond acceptors (Lipinski definition) is 1. The first kappa shape index (κ1) is 5.41. The van der Waals surface area contributed by atoms with Gasteiger partial charge < -0.3 is 0 Å². The van der Waals surface area contributed by atoms with E-state index in [1.165, 1.54) is 6.08 Å². The summed E-state index contributed by atoms with van der Waals surface area (Å²) in [6, 6.07) is 0. The third kappa shape index (κ3) is 3.41. The van der Waals surface area contributed by atoms with Crippen molar-refractivity contribution < 1.29 is 4.79 Å². The lowest BCUT2D eigenvalue weighted by Crippen LogP contribution is -1.48. The number of rotatable bonds is 1. The molecular formula is C4H3OSi. The van der Waals surface area contributed by atoms with E-state index >= 15 is 0 Å². The quantitative estimate of drug-likeness (QED) is 0.255. The molecule has 29 valence electrons. The Hall–Kier alpha value is -0.593. The van der Waals surface area contributed by atoms with Gasteiger partial charge in [0.15, 0.2) is 0 Å². The molecule has 2 heteroatoms. The summed E-state index contributed by atoms with van der Waals surface area (Å²) in [6.45, 7) is 0. The third-order valence-corrected chi connectivity index (χ3v) is 0.453. The Balaban J connectivity index is 3.33. The van der Waals surface area contributed by atoms with Crippen molar-refractivity contribution in [2.45, 2.75) is 0 Å². The minimum absolute atomic E-state index is 1.27. The van der Waals surface area contributed by atoms with Crippen LogP contribution >= 0.6 is 0 Å². The van der Waals surface area contributed by atoms with Gasteiger partial charge in [-0.1, -0.05) is 6.08 Å². The van der Waals surface area contributed by atoms with Gasteiger partial charge in [0.2, 0.25) is 0 Å². The van der Waals surface area contributed by atoms with E-state index in [0.29, 0.717) is 0 Å². The van der Waals surface area contributed by atoms with E-state index in [4.69, 9.17) is 0 Å². The van der Waals surface area contributed by atoms with Crippen molar-refractivity contribution in [3.63, 3.8) is 0 Å². The lowest BCUT2D eigenvalue weighted by atomic mass is 10.6. The predicted octanol–water partition coefficient (Wildman–Crippen LogP) is 0.0564. The molecule has 0 atom stereocenters. The molecule has 6 heavy (non-hydrogen) atoms. The molecule has 0 aliphatic rings. The molecule has 0 saturated carbocycles. The zero-order chi connectivity index (χ0) is 4.83. The number of carbonyl (C=O) groups excluding carboxylic acids is 1. The second kappa shape index (κ2) is 4.41. The zero-order valence-corrected chi connectivity index (χ0v) is 4.14. The molecule has 0 bridgehead atoms.